The molecule has 0 amide bonds. The Morgan fingerprint density at radius 3 is 1.89 bits per heavy atom. The van der Waals surface area contributed by atoms with Gasteiger partial charge in [-0.2, -0.15) is 0 Å². The summed E-state index contributed by atoms with van der Waals surface area (Å²) in [6.07, 6.45) is 6.03. The van der Waals surface area contributed by atoms with E-state index >= 15 is 0 Å². The molecule has 0 aromatic heterocycles. The molecule has 3 heteroatoms. The Morgan fingerprint density at radius 1 is 0.842 bits per heavy atom. The van der Waals surface area contributed by atoms with Crippen LogP contribution in [0.15, 0.2) is 24.3 Å². The average Bonchev–Trinajstić information content (AvgIpc) is 2.47. The van der Waals surface area contributed by atoms with Gasteiger partial charge < -0.3 is 15.3 Å². The first-order valence-corrected chi connectivity index (χ1v) is 7.14. The second kappa shape index (κ2) is 8.31. The van der Waals surface area contributed by atoms with E-state index in [4.69, 9.17) is 0 Å². The van der Waals surface area contributed by atoms with E-state index in [1.54, 1.807) is 0 Å². The van der Waals surface area contributed by atoms with Gasteiger partial charge in [-0.1, -0.05) is 50.5 Å². The van der Waals surface area contributed by atoms with Gasteiger partial charge in [-0.3, -0.25) is 0 Å². The molecule has 0 spiro atoms. The van der Waals surface area contributed by atoms with Crippen LogP contribution in [0.25, 0.3) is 0 Å². The van der Waals surface area contributed by atoms with Crippen LogP contribution in [0, 0.1) is 0 Å². The predicted molar refractivity (Wildman–Crippen MR) is 77.2 cm³/mol. The molecule has 1 aromatic carbocycles. The van der Waals surface area contributed by atoms with Gasteiger partial charge in [-0.05, 0) is 24.0 Å². The molecule has 108 valence electrons. The van der Waals surface area contributed by atoms with E-state index < -0.39 is 5.41 Å². The lowest BCUT2D eigenvalue weighted by molar-refractivity contribution is 0.0641. The van der Waals surface area contributed by atoms with Gasteiger partial charge in [0.15, 0.2) is 0 Å². The van der Waals surface area contributed by atoms with Gasteiger partial charge in [0.1, 0.15) is 0 Å². The first-order valence-electron chi connectivity index (χ1n) is 7.14. The Morgan fingerprint density at radius 2 is 1.42 bits per heavy atom. The van der Waals surface area contributed by atoms with Gasteiger partial charge >= 0.3 is 0 Å². The maximum atomic E-state index is 9.38. The fourth-order valence-corrected chi connectivity index (χ4v) is 2.20. The minimum Gasteiger partial charge on any atom is -0.395 e. The van der Waals surface area contributed by atoms with Crippen molar-refractivity contribution in [1.29, 1.82) is 0 Å². The summed E-state index contributed by atoms with van der Waals surface area (Å²) in [7, 11) is 0. The van der Waals surface area contributed by atoms with Crippen molar-refractivity contribution in [2.45, 2.75) is 44.4 Å². The van der Waals surface area contributed by atoms with Crippen molar-refractivity contribution in [3.8, 4) is 0 Å². The zero-order valence-electron chi connectivity index (χ0n) is 11.8. The van der Waals surface area contributed by atoms with E-state index in [2.05, 4.69) is 6.92 Å². The zero-order valence-corrected chi connectivity index (χ0v) is 11.8. The molecular formula is C16H26O3. The summed E-state index contributed by atoms with van der Waals surface area (Å²) in [4.78, 5) is 0. The SMILES string of the molecule is CCCCCCc1ccc(C(CO)(CO)CO)cc1. The highest BCUT2D eigenvalue weighted by atomic mass is 16.3. The maximum absolute atomic E-state index is 9.38. The van der Waals surface area contributed by atoms with Gasteiger partial charge in [0.2, 0.25) is 0 Å². The largest absolute Gasteiger partial charge is 0.395 e. The van der Waals surface area contributed by atoms with Crippen LogP contribution in [-0.4, -0.2) is 35.1 Å². The van der Waals surface area contributed by atoms with E-state index in [-0.39, 0.29) is 19.8 Å². The first-order chi connectivity index (χ1) is 9.22. The molecule has 1 rings (SSSR count). The lowest BCUT2D eigenvalue weighted by Gasteiger charge is -2.28. The second-order valence-electron chi connectivity index (χ2n) is 5.26. The van der Waals surface area contributed by atoms with Crippen molar-refractivity contribution in [3.05, 3.63) is 35.4 Å². The summed E-state index contributed by atoms with van der Waals surface area (Å²) in [6, 6.07) is 7.85. The van der Waals surface area contributed by atoms with Crippen LogP contribution in [0.3, 0.4) is 0 Å². The molecule has 0 radical (unpaired) electrons. The fourth-order valence-electron chi connectivity index (χ4n) is 2.20. The molecule has 0 unspecified atom stereocenters. The van der Waals surface area contributed by atoms with E-state index in [1.807, 2.05) is 24.3 Å². The molecule has 0 heterocycles. The van der Waals surface area contributed by atoms with Crippen LogP contribution in [0.1, 0.15) is 43.7 Å². The highest BCUT2D eigenvalue weighted by molar-refractivity contribution is 5.30. The lowest BCUT2D eigenvalue weighted by Crippen LogP contribution is -2.38. The van der Waals surface area contributed by atoms with Crippen LogP contribution >= 0.6 is 0 Å². The number of benzene rings is 1. The van der Waals surface area contributed by atoms with Crippen LogP contribution in [0.2, 0.25) is 0 Å². The second-order valence-corrected chi connectivity index (χ2v) is 5.26. The standard InChI is InChI=1S/C16H26O3/c1-2-3-4-5-6-14-7-9-15(10-8-14)16(11-17,12-18)13-19/h7-10,17-19H,2-6,11-13H2,1H3. The van der Waals surface area contributed by atoms with Crippen molar-refractivity contribution in [2.75, 3.05) is 19.8 Å². The third-order valence-corrected chi connectivity index (χ3v) is 3.79. The molecule has 0 saturated heterocycles. The highest BCUT2D eigenvalue weighted by Crippen LogP contribution is 2.23. The maximum Gasteiger partial charge on any atom is 0.0645 e. The Balaban J connectivity index is 2.64. The van der Waals surface area contributed by atoms with Gasteiger partial charge in [0.05, 0.1) is 25.2 Å². The Kier molecular flexibility index (Phi) is 7.06. The normalized spacial score (nSPS) is 11.8. The van der Waals surface area contributed by atoms with Crippen molar-refractivity contribution in [3.63, 3.8) is 0 Å². The monoisotopic (exact) mass is 266 g/mol. The first kappa shape index (κ1) is 16.2. The molecule has 19 heavy (non-hydrogen) atoms. The van der Waals surface area contributed by atoms with Gasteiger partial charge in [0.25, 0.3) is 0 Å². The third-order valence-electron chi connectivity index (χ3n) is 3.79. The van der Waals surface area contributed by atoms with E-state index in [9.17, 15) is 15.3 Å². The number of aliphatic hydroxyl groups excluding tert-OH is 3. The summed E-state index contributed by atoms with van der Waals surface area (Å²) >= 11 is 0. The number of unbranched alkanes of at least 4 members (excludes halogenated alkanes) is 3. The minimum atomic E-state index is -0.930. The summed E-state index contributed by atoms with van der Waals surface area (Å²) in [5, 5.41) is 28.1. The summed E-state index contributed by atoms with van der Waals surface area (Å²) < 4.78 is 0. The molecule has 0 fully saturated rings. The van der Waals surface area contributed by atoms with E-state index in [1.165, 1.54) is 31.2 Å². The molecule has 1 aromatic rings. The Bertz CT molecular complexity index is 333. The number of aliphatic hydroxyl groups is 3. The van der Waals surface area contributed by atoms with Crippen LogP contribution in [-0.2, 0) is 11.8 Å². The molecule has 0 aliphatic rings. The molecule has 0 bridgehead atoms. The van der Waals surface area contributed by atoms with Crippen LogP contribution in [0.5, 0.6) is 0 Å². The highest BCUT2D eigenvalue weighted by Gasteiger charge is 2.30. The predicted octanol–water partition coefficient (Wildman–Crippen LogP) is 2.02. The Hall–Kier alpha value is -0.900. The molecule has 0 saturated carbocycles. The van der Waals surface area contributed by atoms with E-state index in [0.717, 1.165) is 12.0 Å². The van der Waals surface area contributed by atoms with Crippen LogP contribution in [0.4, 0.5) is 0 Å². The van der Waals surface area contributed by atoms with Gasteiger partial charge in [-0.15, -0.1) is 0 Å². The number of aryl methyl sites for hydroxylation is 1. The molecule has 3 nitrogen and oxygen atoms in total. The van der Waals surface area contributed by atoms with Gasteiger partial charge in [-0.25, -0.2) is 0 Å². The van der Waals surface area contributed by atoms with Crippen molar-refractivity contribution in [1.82, 2.24) is 0 Å². The quantitative estimate of drug-likeness (QED) is 0.599. The van der Waals surface area contributed by atoms with Crippen molar-refractivity contribution < 1.29 is 15.3 Å². The number of hydrogen-bond donors (Lipinski definition) is 3. The summed E-state index contributed by atoms with van der Waals surface area (Å²) in [5.41, 5.74) is 1.13. The fraction of sp³-hybridized carbons (Fsp3) is 0.625. The Labute approximate surface area is 115 Å². The molecule has 0 aliphatic carbocycles. The van der Waals surface area contributed by atoms with Crippen LogP contribution < -0.4 is 0 Å². The number of hydrogen-bond acceptors (Lipinski definition) is 3. The minimum absolute atomic E-state index is 0.254. The summed E-state index contributed by atoms with van der Waals surface area (Å²) in [6.45, 7) is 1.44. The summed E-state index contributed by atoms with van der Waals surface area (Å²) in [5.74, 6) is 0. The number of rotatable bonds is 9. The van der Waals surface area contributed by atoms with Crippen molar-refractivity contribution >= 4 is 0 Å². The molecule has 3 N–H and O–H groups in total. The lowest BCUT2D eigenvalue weighted by atomic mass is 9.82. The third kappa shape index (κ3) is 4.30. The topological polar surface area (TPSA) is 60.7 Å². The molecular weight excluding hydrogens is 240 g/mol. The smallest absolute Gasteiger partial charge is 0.0645 e. The van der Waals surface area contributed by atoms with Gasteiger partial charge in [0, 0.05) is 0 Å². The van der Waals surface area contributed by atoms with E-state index in [0.29, 0.717) is 0 Å². The molecule has 0 atom stereocenters. The zero-order chi connectivity index (χ0) is 14.1. The molecule has 0 aliphatic heterocycles. The van der Waals surface area contributed by atoms with Crippen molar-refractivity contribution in [2.24, 2.45) is 0 Å². The average molecular weight is 266 g/mol.